The summed E-state index contributed by atoms with van der Waals surface area (Å²) < 4.78 is 0. The van der Waals surface area contributed by atoms with Gasteiger partial charge in [-0.2, -0.15) is 0 Å². The highest BCUT2D eigenvalue weighted by Crippen LogP contribution is 2.22. The van der Waals surface area contributed by atoms with Crippen molar-refractivity contribution >= 4 is 0 Å². The zero-order valence-corrected chi connectivity index (χ0v) is 13.3. The van der Waals surface area contributed by atoms with E-state index in [0.29, 0.717) is 0 Å². The number of piperazine rings is 1. The van der Waals surface area contributed by atoms with Gasteiger partial charge < -0.3 is 9.80 Å². The number of hydrogen-bond donors (Lipinski definition) is 0. The summed E-state index contributed by atoms with van der Waals surface area (Å²) in [7, 11) is 2.25. The Morgan fingerprint density at radius 2 is 1.58 bits per heavy atom. The van der Waals surface area contributed by atoms with Gasteiger partial charge in [-0.3, -0.25) is 4.90 Å². The monoisotopic (exact) mass is 267 g/mol. The van der Waals surface area contributed by atoms with Crippen LogP contribution in [0.5, 0.6) is 0 Å². The van der Waals surface area contributed by atoms with Crippen LogP contribution in [0.4, 0.5) is 0 Å². The summed E-state index contributed by atoms with van der Waals surface area (Å²) in [6.07, 6.45) is 6.83. The number of likely N-dealkylation sites (tertiary alicyclic amines) is 1. The van der Waals surface area contributed by atoms with Crippen molar-refractivity contribution in [2.45, 2.75) is 58.0 Å². The summed E-state index contributed by atoms with van der Waals surface area (Å²) in [4.78, 5) is 7.97. The van der Waals surface area contributed by atoms with E-state index in [9.17, 15) is 0 Å². The third-order valence-corrected chi connectivity index (χ3v) is 5.16. The van der Waals surface area contributed by atoms with Gasteiger partial charge in [0.2, 0.25) is 0 Å². The lowest BCUT2D eigenvalue weighted by Crippen LogP contribution is -2.53. The maximum absolute atomic E-state index is 2.76. The molecule has 1 atom stereocenters. The fourth-order valence-electron chi connectivity index (χ4n) is 3.78. The molecule has 0 aromatic rings. The molecule has 0 aromatic carbocycles. The van der Waals surface area contributed by atoms with Crippen LogP contribution in [0.15, 0.2) is 0 Å². The predicted octanol–water partition coefficient (Wildman–Crippen LogP) is 2.28. The molecular formula is C16H33N3. The van der Waals surface area contributed by atoms with Gasteiger partial charge in [-0.1, -0.05) is 20.3 Å². The fraction of sp³-hybridized carbons (Fsp3) is 1.00. The molecule has 3 nitrogen and oxygen atoms in total. The Balaban J connectivity index is 1.75. The minimum absolute atomic E-state index is 0.846. The lowest BCUT2D eigenvalue weighted by molar-refractivity contribution is 0.0516. The van der Waals surface area contributed by atoms with E-state index in [-0.39, 0.29) is 0 Å². The molecular weight excluding hydrogens is 234 g/mol. The second kappa shape index (κ2) is 7.61. The SMILES string of the molecule is CCCC(CC)N1CCC(N2CCN(C)CC2)CC1. The highest BCUT2D eigenvalue weighted by atomic mass is 15.3. The highest BCUT2D eigenvalue weighted by Gasteiger charge is 2.28. The van der Waals surface area contributed by atoms with Crippen molar-refractivity contribution in [2.24, 2.45) is 0 Å². The Kier molecular flexibility index (Phi) is 6.11. The average molecular weight is 267 g/mol. The molecule has 2 heterocycles. The van der Waals surface area contributed by atoms with E-state index in [1.165, 1.54) is 71.4 Å². The molecule has 0 aromatic heterocycles. The molecule has 3 heteroatoms. The van der Waals surface area contributed by atoms with Gasteiger partial charge >= 0.3 is 0 Å². The quantitative estimate of drug-likeness (QED) is 0.756. The van der Waals surface area contributed by atoms with Crippen LogP contribution >= 0.6 is 0 Å². The third kappa shape index (κ3) is 4.17. The van der Waals surface area contributed by atoms with Crippen LogP contribution in [0.1, 0.15) is 46.0 Å². The predicted molar refractivity (Wildman–Crippen MR) is 82.7 cm³/mol. The fourth-order valence-corrected chi connectivity index (χ4v) is 3.78. The minimum Gasteiger partial charge on any atom is -0.304 e. The van der Waals surface area contributed by atoms with Gasteiger partial charge in [0.05, 0.1) is 0 Å². The molecule has 0 radical (unpaired) electrons. The van der Waals surface area contributed by atoms with Crippen molar-refractivity contribution in [3.05, 3.63) is 0 Å². The number of piperidine rings is 1. The van der Waals surface area contributed by atoms with Crippen LogP contribution in [-0.2, 0) is 0 Å². The number of hydrogen-bond acceptors (Lipinski definition) is 3. The maximum atomic E-state index is 2.76. The minimum atomic E-state index is 0.846. The number of rotatable bonds is 5. The second-order valence-corrected chi connectivity index (χ2v) is 6.46. The van der Waals surface area contributed by atoms with Crippen molar-refractivity contribution in [3.63, 3.8) is 0 Å². The molecule has 19 heavy (non-hydrogen) atoms. The zero-order chi connectivity index (χ0) is 13.7. The molecule has 2 rings (SSSR count). The van der Waals surface area contributed by atoms with E-state index in [0.717, 1.165) is 12.1 Å². The third-order valence-electron chi connectivity index (χ3n) is 5.16. The molecule has 0 spiro atoms. The first kappa shape index (κ1) is 15.3. The molecule has 2 aliphatic heterocycles. The van der Waals surface area contributed by atoms with Gasteiger partial charge in [0.1, 0.15) is 0 Å². The lowest BCUT2D eigenvalue weighted by atomic mass is 9.98. The maximum Gasteiger partial charge on any atom is 0.0121 e. The smallest absolute Gasteiger partial charge is 0.0121 e. The Bertz CT molecular complexity index is 240. The Morgan fingerprint density at radius 1 is 0.947 bits per heavy atom. The van der Waals surface area contributed by atoms with Crippen LogP contribution in [0.3, 0.4) is 0 Å². The molecule has 1 unspecified atom stereocenters. The van der Waals surface area contributed by atoms with Crippen molar-refractivity contribution in [3.8, 4) is 0 Å². The van der Waals surface area contributed by atoms with Crippen molar-refractivity contribution in [1.82, 2.24) is 14.7 Å². The molecule has 2 aliphatic rings. The molecule has 0 bridgehead atoms. The van der Waals surface area contributed by atoms with Crippen LogP contribution in [0, 0.1) is 0 Å². The van der Waals surface area contributed by atoms with Crippen LogP contribution < -0.4 is 0 Å². The summed E-state index contributed by atoms with van der Waals surface area (Å²) in [5, 5.41) is 0. The highest BCUT2D eigenvalue weighted by molar-refractivity contribution is 4.85. The number of likely N-dealkylation sites (N-methyl/N-ethyl adjacent to an activating group) is 1. The average Bonchev–Trinajstić information content (AvgIpc) is 2.46. The normalized spacial score (nSPS) is 26.7. The Hall–Kier alpha value is -0.120. The summed E-state index contributed by atoms with van der Waals surface area (Å²) in [5.74, 6) is 0. The standard InChI is InChI=1S/C16H33N3/c1-4-6-15(5-2)18-9-7-16(8-10-18)19-13-11-17(3)12-14-19/h15-16H,4-14H2,1-3H3. The van der Waals surface area contributed by atoms with E-state index in [1.54, 1.807) is 0 Å². The first-order valence-corrected chi connectivity index (χ1v) is 8.41. The van der Waals surface area contributed by atoms with Gasteiger partial charge in [0.25, 0.3) is 0 Å². The van der Waals surface area contributed by atoms with E-state index in [2.05, 4.69) is 35.6 Å². The van der Waals surface area contributed by atoms with E-state index < -0.39 is 0 Å². The molecule has 0 N–H and O–H groups in total. The summed E-state index contributed by atoms with van der Waals surface area (Å²) in [5.41, 5.74) is 0. The molecule has 0 amide bonds. The molecule has 2 fully saturated rings. The van der Waals surface area contributed by atoms with Gasteiger partial charge in [-0.15, -0.1) is 0 Å². The lowest BCUT2D eigenvalue weighted by Gasteiger charge is -2.43. The van der Waals surface area contributed by atoms with Crippen LogP contribution in [0.2, 0.25) is 0 Å². The summed E-state index contributed by atoms with van der Waals surface area (Å²) >= 11 is 0. The van der Waals surface area contributed by atoms with Gasteiger partial charge in [0.15, 0.2) is 0 Å². The molecule has 0 saturated carbocycles. The van der Waals surface area contributed by atoms with Gasteiger partial charge in [0, 0.05) is 38.3 Å². The first-order valence-electron chi connectivity index (χ1n) is 8.41. The summed E-state index contributed by atoms with van der Waals surface area (Å²) in [6, 6.07) is 1.71. The van der Waals surface area contributed by atoms with Crippen molar-refractivity contribution in [1.29, 1.82) is 0 Å². The Labute approximate surface area is 119 Å². The molecule has 0 aliphatic carbocycles. The van der Waals surface area contributed by atoms with Crippen molar-refractivity contribution < 1.29 is 0 Å². The van der Waals surface area contributed by atoms with E-state index >= 15 is 0 Å². The zero-order valence-electron chi connectivity index (χ0n) is 13.3. The second-order valence-electron chi connectivity index (χ2n) is 6.46. The number of nitrogens with zero attached hydrogens (tertiary/aromatic N) is 3. The topological polar surface area (TPSA) is 9.72 Å². The van der Waals surface area contributed by atoms with Crippen molar-refractivity contribution in [2.75, 3.05) is 46.3 Å². The molecule has 2 saturated heterocycles. The molecule has 112 valence electrons. The van der Waals surface area contributed by atoms with E-state index in [4.69, 9.17) is 0 Å². The van der Waals surface area contributed by atoms with Crippen LogP contribution in [0.25, 0.3) is 0 Å². The first-order chi connectivity index (χ1) is 9.24. The van der Waals surface area contributed by atoms with Gasteiger partial charge in [-0.25, -0.2) is 0 Å². The van der Waals surface area contributed by atoms with Gasteiger partial charge in [-0.05, 0) is 45.8 Å². The summed E-state index contributed by atoms with van der Waals surface area (Å²) in [6.45, 7) is 12.4. The van der Waals surface area contributed by atoms with Crippen LogP contribution in [-0.4, -0.2) is 73.1 Å². The largest absolute Gasteiger partial charge is 0.304 e. The van der Waals surface area contributed by atoms with E-state index in [1.807, 2.05) is 0 Å². The Morgan fingerprint density at radius 3 is 2.11 bits per heavy atom.